The van der Waals surface area contributed by atoms with E-state index < -0.39 is 0 Å². The van der Waals surface area contributed by atoms with Crippen LogP contribution in [0.3, 0.4) is 0 Å². The number of nitrogens with one attached hydrogen (secondary N) is 1. The van der Waals surface area contributed by atoms with Crippen molar-refractivity contribution in [2.75, 3.05) is 5.32 Å². The highest BCUT2D eigenvalue weighted by atomic mass is 79.9. The molecule has 0 heterocycles. The lowest BCUT2D eigenvalue weighted by Crippen LogP contribution is -2.25. The zero-order valence-corrected chi connectivity index (χ0v) is 14.2. The van der Waals surface area contributed by atoms with Crippen LogP contribution in [-0.4, -0.2) is 6.04 Å². The first-order valence-electron chi connectivity index (χ1n) is 7.49. The summed E-state index contributed by atoms with van der Waals surface area (Å²) in [6.45, 7) is 0. The number of rotatable bonds is 3. The lowest BCUT2D eigenvalue weighted by Gasteiger charge is -2.30. The minimum atomic E-state index is 0.541. The summed E-state index contributed by atoms with van der Waals surface area (Å²) in [6.07, 6.45) is 4.91. The average Bonchev–Trinajstić information content (AvgIpc) is 2.53. The van der Waals surface area contributed by atoms with Gasteiger partial charge in [-0.3, -0.25) is 0 Å². The van der Waals surface area contributed by atoms with Gasteiger partial charge in [-0.25, -0.2) is 0 Å². The van der Waals surface area contributed by atoms with E-state index in [1.807, 2.05) is 18.2 Å². The maximum absolute atomic E-state index is 6.08. The van der Waals surface area contributed by atoms with Gasteiger partial charge in [-0.05, 0) is 71.3 Å². The summed E-state index contributed by atoms with van der Waals surface area (Å²) < 4.78 is 1.08. The van der Waals surface area contributed by atoms with Crippen molar-refractivity contribution >= 4 is 33.2 Å². The minimum Gasteiger partial charge on any atom is -0.381 e. The van der Waals surface area contributed by atoms with E-state index in [2.05, 4.69) is 51.6 Å². The Morgan fingerprint density at radius 2 is 1.67 bits per heavy atom. The van der Waals surface area contributed by atoms with Crippen molar-refractivity contribution in [3.8, 4) is 0 Å². The molecule has 0 amide bonds. The molecule has 110 valence electrons. The predicted molar refractivity (Wildman–Crippen MR) is 94.2 cm³/mol. The molecule has 0 aromatic heterocycles. The van der Waals surface area contributed by atoms with Crippen LogP contribution >= 0.6 is 27.5 Å². The average molecular weight is 365 g/mol. The molecule has 1 N–H and O–H groups in total. The van der Waals surface area contributed by atoms with Crippen molar-refractivity contribution in [1.82, 2.24) is 0 Å². The molecule has 3 heteroatoms. The summed E-state index contributed by atoms with van der Waals surface area (Å²) in [7, 11) is 0. The third-order valence-corrected chi connectivity index (χ3v) is 5.21. The van der Waals surface area contributed by atoms with E-state index in [0.717, 1.165) is 15.2 Å². The number of anilines is 1. The molecule has 0 unspecified atom stereocenters. The van der Waals surface area contributed by atoms with E-state index in [0.29, 0.717) is 12.0 Å². The van der Waals surface area contributed by atoms with Crippen LogP contribution in [0.4, 0.5) is 5.69 Å². The maximum atomic E-state index is 6.08. The molecule has 1 aliphatic rings. The molecular formula is C18H19BrClN. The first-order valence-corrected chi connectivity index (χ1v) is 8.66. The summed E-state index contributed by atoms with van der Waals surface area (Å²) in [4.78, 5) is 0. The molecule has 0 bridgehead atoms. The summed E-state index contributed by atoms with van der Waals surface area (Å²) in [5.41, 5.74) is 2.59. The SMILES string of the molecule is Clc1ccc(Br)c(NC2CCC(c3ccccc3)CC2)c1. The Balaban J connectivity index is 1.60. The molecule has 0 saturated heterocycles. The molecule has 1 saturated carbocycles. The van der Waals surface area contributed by atoms with Crippen molar-refractivity contribution in [3.63, 3.8) is 0 Å². The summed E-state index contributed by atoms with van der Waals surface area (Å²) in [5.74, 6) is 0.715. The number of halogens is 2. The Morgan fingerprint density at radius 3 is 2.38 bits per heavy atom. The largest absolute Gasteiger partial charge is 0.381 e. The first-order chi connectivity index (χ1) is 10.2. The maximum Gasteiger partial charge on any atom is 0.0501 e. The fourth-order valence-corrected chi connectivity index (χ4v) is 3.66. The van der Waals surface area contributed by atoms with Gasteiger partial charge in [0.05, 0.1) is 5.69 Å². The second-order valence-corrected chi connectivity index (χ2v) is 7.02. The Kier molecular flexibility index (Phi) is 4.87. The highest BCUT2D eigenvalue weighted by Crippen LogP contribution is 2.35. The first kappa shape index (κ1) is 14.9. The zero-order chi connectivity index (χ0) is 14.7. The van der Waals surface area contributed by atoms with Crippen LogP contribution in [0.15, 0.2) is 53.0 Å². The molecule has 2 aromatic carbocycles. The lowest BCUT2D eigenvalue weighted by atomic mass is 9.82. The van der Waals surface area contributed by atoms with Crippen molar-refractivity contribution in [1.29, 1.82) is 0 Å². The van der Waals surface area contributed by atoms with Crippen LogP contribution in [0.2, 0.25) is 5.02 Å². The predicted octanol–water partition coefficient (Wildman–Crippen LogP) is 6.24. The molecule has 0 aliphatic heterocycles. The number of hydrogen-bond donors (Lipinski definition) is 1. The Morgan fingerprint density at radius 1 is 0.952 bits per heavy atom. The highest BCUT2D eigenvalue weighted by Gasteiger charge is 2.22. The molecule has 1 nitrogen and oxygen atoms in total. The molecule has 0 spiro atoms. The van der Waals surface area contributed by atoms with Crippen LogP contribution in [0.25, 0.3) is 0 Å². The zero-order valence-electron chi connectivity index (χ0n) is 11.9. The van der Waals surface area contributed by atoms with Gasteiger partial charge < -0.3 is 5.32 Å². The van der Waals surface area contributed by atoms with Gasteiger partial charge in [-0.15, -0.1) is 0 Å². The van der Waals surface area contributed by atoms with E-state index in [1.54, 1.807) is 0 Å². The molecule has 1 aliphatic carbocycles. The van der Waals surface area contributed by atoms with Crippen LogP contribution in [0.1, 0.15) is 37.2 Å². The molecule has 21 heavy (non-hydrogen) atoms. The van der Waals surface area contributed by atoms with Gasteiger partial charge in [0.15, 0.2) is 0 Å². The second-order valence-electron chi connectivity index (χ2n) is 5.73. The summed E-state index contributed by atoms with van der Waals surface area (Å²) in [5, 5.41) is 4.41. The van der Waals surface area contributed by atoms with E-state index in [1.165, 1.54) is 31.2 Å². The van der Waals surface area contributed by atoms with Crippen LogP contribution in [-0.2, 0) is 0 Å². The third kappa shape index (κ3) is 3.81. The Hall–Kier alpha value is -0.990. The van der Waals surface area contributed by atoms with Crippen molar-refractivity contribution in [3.05, 3.63) is 63.6 Å². The fourth-order valence-electron chi connectivity index (χ4n) is 3.12. The number of hydrogen-bond acceptors (Lipinski definition) is 1. The van der Waals surface area contributed by atoms with Gasteiger partial charge in [0.25, 0.3) is 0 Å². The van der Waals surface area contributed by atoms with Gasteiger partial charge in [0.1, 0.15) is 0 Å². The minimum absolute atomic E-state index is 0.541. The van der Waals surface area contributed by atoms with Crippen molar-refractivity contribution in [2.45, 2.75) is 37.6 Å². The van der Waals surface area contributed by atoms with Crippen LogP contribution in [0, 0.1) is 0 Å². The van der Waals surface area contributed by atoms with Gasteiger partial charge >= 0.3 is 0 Å². The van der Waals surface area contributed by atoms with Crippen LogP contribution in [0.5, 0.6) is 0 Å². The third-order valence-electron chi connectivity index (χ3n) is 4.29. The molecule has 1 fully saturated rings. The quantitative estimate of drug-likeness (QED) is 0.679. The van der Waals surface area contributed by atoms with E-state index in [9.17, 15) is 0 Å². The van der Waals surface area contributed by atoms with Gasteiger partial charge in [0, 0.05) is 15.5 Å². The molecule has 0 atom stereocenters. The smallest absolute Gasteiger partial charge is 0.0501 e. The van der Waals surface area contributed by atoms with E-state index in [-0.39, 0.29) is 0 Å². The standard InChI is InChI=1S/C18H19BrClN/c19-17-11-8-15(20)12-18(17)21-16-9-6-14(7-10-16)13-4-2-1-3-5-13/h1-5,8,11-12,14,16,21H,6-7,9-10H2. The highest BCUT2D eigenvalue weighted by molar-refractivity contribution is 9.10. The van der Waals surface area contributed by atoms with Gasteiger partial charge in [0.2, 0.25) is 0 Å². The lowest BCUT2D eigenvalue weighted by molar-refractivity contribution is 0.412. The number of benzene rings is 2. The van der Waals surface area contributed by atoms with Gasteiger partial charge in [-0.1, -0.05) is 41.9 Å². The van der Waals surface area contributed by atoms with Crippen molar-refractivity contribution in [2.24, 2.45) is 0 Å². The van der Waals surface area contributed by atoms with E-state index >= 15 is 0 Å². The second kappa shape index (κ2) is 6.85. The van der Waals surface area contributed by atoms with Gasteiger partial charge in [-0.2, -0.15) is 0 Å². The Bertz CT molecular complexity index is 591. The molecule has 2 aromatic rings. The fraction of sp³-hybridized carbons (Fsp3) is 0.333. The molecule has 3 rings (SSSR count). The van der Waals surface area contributed by atoms with Crippen molar-refractivity contribution < 1.29 is 0 Å². The summed E-state index contributed by atoms with van der Waals surface area (Å²) in [6, 6.07) is 17.3. The Labute approximate surface area is 139 Å². The normalized spacial score (nSPS) is 22.0. The topological polar surface area (TPSA) is 12.0 Å². The summed E-state index contributed by atoms with van der Waals surface area (Å²) >= 11 is 9.66. The molecule has 0 radical (unpaired) electrons. The van der Waals surface area contributed by atoms with E-state index in [4.69, 9.17) is 11.6 Å². The van der Waals surface area contributed by atoms with Crippen LogP contribution < -0.4 is 5.32 Å². The monoisotopic (exact) mass is 363 g/mol. The molecular weight excluding hydrogens is 346 g/mol.